The predicted octanol–water partition coefficient (Wildman–Crippen LogP) is 2.35. The molecule has 0 bridgehead atoms. The van der Waals surface area contributed by atoms with Crippen LogP contribution in [0.2, 0.25) is 0 Å². The summed E-state index contributed by atoms with van der Waals surface area (Å²) >= 11 is 0. The number of nitrogens with one attached hydrogen (secondary N) is 1. The van der Waals surface area contributed by atoms with Gasteiger partial charge in [-0.25, -0.2) is 9.67 Å². The van der Waals surface area contributed by atoms with Crippen molar-refractivity contribution in [3.8, 4) is 0 Å². The quantitative estimate of drug-likeness (QED) is 0.836. The van der Waals surface area contributed by atoms with Crippen molar-refractivity contribution in [3.63, 3.8) is 0 Å². The van der Waals surface area contributed by atoms with Crippen LogP contribution in [0, 0.1) is 6.92 Å². The van der Waals surface area contributed by atoms with Crippen molar-refractivity contribution in [1.82, 2.24) is 14.8 Å². The zero-order chi connectivity index (χ0) is 13.8. The molecule has 19 heavy (non-hydrogen) atoms. The Morgan fingerprint density at radius 1 is 1.42 bits per heavy atom. The average Bonchev–Trinajstić information content (AvgIpc) is 2.95. The van der Waals surface area contributed by atoms with Crippen molar-refractivity contribution in [1.29, 1.82) is 0 Å². The van der Waals surface area contributed by atoms with E-state index in [-0.39, 0.29) is 0 Å². The fourth-order valence-corrected chi connectivity index (χ4v) is 1.91. The van der Waals surface area contributed by atoms with Crippen molar-refractivity contribution in [2.24, 2.45) is 0 Å². The van der Waals surface area contributed by atoms with E-state index in [4.69, 9.17) is 10.2 Å². The summed E-state index contributed by atoms with van der Waals surface area (Å²) in [7, 11) is 0. The molecule has 0 aromatic carbocycles. The number of hydrogen-bond acceptors (Lipinski definition) is 5. The van der Waals surface area contributed by atoms with Crippen LogP contribution in [-0.2, 0) is 19.5 Å². The van der Waals surface area contributed by atoms with E-state index < -0.39 is 0 Å². The Kier molecular flexibility index (Phi) is 4.09. The Hall–Kier alpha value is -1.98. The van der Waals surface area contributed by atoms with E-state index in [1.54, 1.807) is 6.20 Å². The smallest absolute Gasteiger partial charge is 0.213 e. The lowest BCUT2D eigenvalue weighted by atomic mass is 10.4. The van der Waals surface area contributed by atoms with Crippen LogP contribution >= 0.6 is 0 Å². The molecule has 0 fully saturated rings. The van der Waals surface area contributed by atoms with Gasteiger partial charge in [-0.05, 0) is 13.3 Å². The summed E-state index contributed by atoms with van der Waals surface area (Å²) in [5.41, 5.74) is 7.57. The number of aromatic nitrogens is 3. The maximum atomic E-state index is 6.03. The lowest BCUT2D eigenvalue weighted by molar-refractivity contribution is 0.465. The summed E-state index contributed by atoms with van der Waals surface area (Å²) < 4.78 is 7.45. The second-order valence-corrected chi connectivity index (χ2v) is 4.50. The summed E-state index contributed by atoms with van der Waals surface area (Å²) in [4.78, 5) is 4.21. The maximum Gasteiger partial charge on any atom is 0.213 e. The SMILES string of the molecule is CCCn1nc(C)c(N)c1NCc1ncc(CC)o1. The molecule has 0 amide bonds. The second-order valence-electron chi connectivity index (χ2n) is 4.50. The van der Waals surface area contributed by atoms with E-state index >= 15 is 0 Å². The highest BCUT2D eigenvalue weighted by Gasteiger charge is 2.12. The van der Waals surface area contributed by atoms with Crippen molar-refractivity contribution in [2.45, 2.75) is 46.7 Å². The number of nitrogens with zero attached hydrogens (tertiary/aromatic N) is 3. The first-order valence-electron chi connectivity index (χ1n) is 6.66. The van der Waals surface area contributed by atoms with Crippen molar-refractivity contribution >= 4 is 11.5 Å². The minimum Gasteiger partial charge on any atom is -0.444 e. The highest BCUT2D eigenvalue weighted by atomic mass is 16.4. The third-order valence-electron chi connectivity index (χ3n) is 2.97. The lowest BCUT2D eigenvalue weighted by Gasteiger charge is -2.08. The Morgan fingerprint density at radius 2 is 2.21 bits per heavy atom. The molecule has 0 saturated carbocycles. The first kappa shape index (κ1) is 13.5. The van der Waals surface area contributed by atoms with Crippen LogP contribution in [0.5, 0.6) is 0 Å². The Morgan fingerprint density at radius 3 is 2.84 bits per heavy atom. The van der Waals surface area contributed by atoms with Gasteiger partial charge < -0.3 is 15.5 Å². The van der Waals surface area contributed by atoms with Crippen LogP contribution in [0.3, 0.4) is 0 Å². The first-order chi connectivity index (χ1) is 9.15. The summed E-state index contributed by atoms with van der Waals surface area (Å²) in [6.45, 7) is 7.41. The minimum absolute atomic E-state index is 0.513. The van der Waals surface area contributed by atoms with Crippen LogP contribution in [0.4, 0.5) is 11.5 Å². The third-order valence-corrected chi connectivity index (χ3v) is 2.97. The second kappa shape index (κ2) is 5.77. The Labute approximate surface area is 113 Å². The molecule has 2 aromatic rings. The number of anilines is 2. The summed E-state index contributed by atoms with van der Waals surface area (Å²) in [6.07, 6.45) is 3.62. The normalized spacial score (nSPS) is 10.9. The molecule has 2 aromatic heterocycles. The zero-order valence-electron chi connectivity index (χ0n) is 11.7. The number of oxazole rings is 1. The van der Waals surface area contributed by atoms with Gasteiger partial charge in [0.05, 0.1) is 24.1 Å². The molecule has 0 aliphatic rings. The van der Waals surface area contributed by atoms with Crippen LogP contribution < -0.4 is 11.1 Å². The van der Waals surface area contributed by atoms with Gasteiger partial charge in [-0.3, -0.25) is 0 Å². The van der Waals surface area contributed by atoms with E-state index in [2.05, 4.69) is 22.3 Å². The molecule has 0 saturated heterocycles. The van der Waals surface area contributed by atoms with Gasteiger partial charge in [0.1, 0.15) is 11.6 Å². The van der Waals surface area contributed by atoms with E-state index in [0.29, 0.717) is 18.1 Å². The van der Waals surface area contributed by atoms with Crippen LogP contribution in [0.1, 0.15) is 37.6 Å². The van der Waals surface area contributed by atoms with Crippen LogP contribution in [0.25, 0.3) is 0 Å². The Balaban J connectivity index is 2.09. The van der Waals surface area contributed by atoms with E-state index in [9.17, 15) is 0 Å². The van der Waals surface area contributed by atoms with Crippen molar-refractivity contribution < 1.29 is 4.42 Å². The zero-order valence-corrected chi connectivity index (χ0v) is 11.7. The molecule has 6 nitrogen and oxygen atoms in total. The van der Waals surface area contributed by atoms with E-state index in [1.807, 2.05) is 18.5 Å². The van der Waals surface area contributed by atoms with E-state index in [0.717, 1.165) is 36.7 Å². The van der Waals surface area contributed by atoms with Crippen LogP contribution in [0.15, 0.2) is 10.6 Å². The topological polar surface area (TPSA) is 81.9 Å². The predicted molar refractivity (Wildman–Crippen MR) is 74.9 cm³/mol. The molecule has 2 rings (SSSR count). The van der Waals surface area contributed by atoms with Crippen molar-refractivity contribution in [2.75, 3.05) is 11.1 Å². The monoisotopic (exact) mass is 263 g/mol. The fraction of sp³-hybridized carbons (Fsp3) is 0.538. The first-order valence-corrected chi connectivity index (χ1v) is 6.66. The molecule has 0 radical (unpaired) electrons. The molecular formula is C13H21N5O. The largest absolute Gasteiger partial charge is 0.444 e. The highest BCUT2D eigenvalue weighted by molar-refractivity contribution is 5.64. The molecule has 0 aliphatic heterocycles. The van der Waals surface area contributed by atoms with Crippen LogP contribution in [-0.4, -0.2) is 14.8 Å². The number of rotatable bonds is 6. The number of aryl methyl sites for hydroxylation is 3. The molecule has 6 heteroatoms. The third kappa shape index (κ3) is 2.89. The summed E-state index contributed by atoms with van der Waals surface area (Å²) in [5.74, 6) is 2.40. The van der Waals surface area contributed by atoms with Gasteiger partial charge in [0.15, 0.2) is 0 Å². The standard InChI is InChI=1S/C13H21N5O/c1-4-6-18-13(12(14)9(3)17-18)16-8-11-15-7-10(5-2)19-11/h7,16H,4-6,8,14H2,1-3H3. The van der Waals surface area contributed by atoms with Gasteiger partial charge in [0, 0.05) is 13.0 Å². The van der Waals surface area contributed by atoms with Gasteiger partial charge >= 0.3 is 0 Å². The molecular weight excluding hydrogens is 242 g/mol. The van der Waals surface area contributed by atoms with Gasteiger partial charge in [0.2, 0.25) is 5.89 Å². The number of nitrogen functional groups attached to an aromatic ring is 1. The van der Waals surface area contributed by atoms with E-state index in [1.165, 1.54) is 0 Å². The molecule has 3 N–H and O–H groups in total. The summed E-state index contributed by atoms with van der Waals surface area (Å²) in [5, 5.41) is 7.67. The lowest BCUT2D eigenvalue weighted by Crippen LogP contribution is -2.09. The van der Waals surface area contributed by atoms with Crippen molar-refractivity contribution in [3.05, 3.63) is 23.5 Å². The molecule has 0 atom stereocenters. The fourth-order valence-electron chi connectivity index (χ4n) is 1.91. The Bertz CT molecular complexity index is 543. The summed E-state index contributed by atoms with van der Waals surface area (Å²) in [6, 6.07) is 0. The highest BCUT2D eigenvalue weighted by Crippen LogP contribution is 2.23. The average molecular weight is 263 g/mol. The maximum absolute atomic E-state index is 6.03. The number of hydrogen-bond donors (Lipinski definition) is 2. The van der Waals surface area contributed by atoms with Gasteiger partial charge in [-0.15, -0.1) is 0 Å². The minimum atomic E-state index is 0.513. The molecule has 0 spiro atoms. The molecule has 0 unspecified atom stereocenters. The van der Waals surface area contributed by atoms with Gasteiger partial charge in [-0.2, -0.15) is 5.10 Å². The number of nitrogens with two attached hydrogens (primary N) is 1. The molecule has 2 heterocycles. The van der Waals surface area contributed by atoms with Gasteiger partial charge in [0.25, 0.3) is 0 Å². The molecule has 104 valence electrons. The molecule has 0 aliphatic carbocycles. The van der Waals surface area contributed by atoms with Gasteiger partial charge in [-0.1, -0.05) is 13.8 Å².